The van der Waals surface area contributed by atoms with Gasteiger partial charge in [0.25, 0.3) is 0 Å². The molecule has 0 fully saturated rings. The lowest BCUT2D eigenvalue weighted by atomic mass is 9.81. The topological polar surface area (TPSA) is 40.5 Å². The van der Waals surface area contributed by atoms with E-state index in [0.717, 1.165) is 0 Å². The Bertz CT molecular complexity index is 68.7. The summed E-state index contributed by atoms with van der Waals surface area (Å²) in [5, 5.41) is 18.2. The Morgan fingerprint density at radius 1 is 0.800 bits per heavy atom. The lowest BCUT2D eigenvalue weighted by Gasteiger charge is -2.31. The van der Waals surface area contributed by atoms with E-state index in [1.165, 1.54) is 0 Å². The van der Waals surface area contributed by atoms with Crippen LogP contribution in [0, 0.1) is 0 Å². The fourth-order valence-corrected chi connectivity index (χ4v) is 0. The summed E-state index contributed by atoms with van der Waals surface area (Å²) in [6.45, 7) is 6.31. The van der Waals surface area contributed by atoms with Gasteiger partial charge in [0.15, 0.2) is 0 Å². The zero-order chi connectivity index (χ0) is 9.00. The highest BCUT2D eigenvalue weighted by atomic mass is 16.3. The Morgan fingerprint density at radius 2 is 0.900 bits per heavy atom. The predicted molar refractivity (Wildman–Crippen MR) is 49.7 cm³/mol. The molecule has 0 amide bonds. The van der Waals surface area contributed by atoms with Gasteiger partial charge in [-0.25, -0.2) is 0 Å². The minimum absolute atomic E-state index is 1.01. The van der Waals surface area contributed by atoms with Crippen molar-refractivity contribution in [3.05, 3.63) is 0 Å². The quantitative estimate of drug-likeness (QED) is 0.448. The van der Waals surface area contributed by atoms with Gasteiger partial charge in [0.05, 0.1) is 26.7 Å². The number of aliphatic hydroxyl groups is 2. The van der Waals surface area contributed by atoms with Crippen molar-refractivity contribution in [2.24, 2.45) is 0 Å². The van der Waals surface area contributed by atoms with Crippen LogP contribution in [0.1, 0.15) is 27.7 Å². The molecule has 0 aliphatic heterocycles. The molecular weight excluding hydrogens is 126 g/mol. The number of hydrogen-bond donors (Lipinski definition) is 2. The van der Waals surface area contributed by atoms with Crippen molar-refractivity contribution in [1.82, 2.24) is 0 Å². The molecule has 0 bridgehead atoms. The highest BCUT2D eigenvalue weighted by Crippen LogP contribution is 2.19. The molecule has 0 rings (SSSR count). The zero-order valence-electron chi connectivity index (χ0n) is 7.89. The van der Waals surface area contributed by atoms with Crippen LogP contribution in [0.2, 0.25) is 0 Å². The molecule has 0 aromatic rings. The van der Waals surface area contributed by atoms with Gasteiger partial charge in [0, 0.05) is 0 Å². The molecule has 0 aliphatic rings. The first-order chi connectivity index (χ1) is 4.25. The Kier molecular flexibility index (Phi) is 5.13. The smallest absolute Gasteiger partial charge is 0.0872 e. The highest BCUT2D eigenvalue weighted by Gasteiger charge is 2.31. The molecule has 60 valence electrons. The molecule has 0 aliphatic carbocycles. The summed E-state index contributed by atoms with van der Waals surface area (Å²) < 4.78 is 0. The van der Waals surface area contributed by atoms with Gasteiger partial charge in [-0.3, -0.25) is 0 Å². The summed E-state index contributed by atoms with van der Waals surface area (Å²) >= 11 is 0. The first-order valence-corrected chi connectivity index (χ1v) is 3.70. The van der Waals surface area contributed by atoms with Crippen LogP contribution < -0.4 is 0 Å². The zero-order valence-corrected chi connectivity index (χ0v) is 7.89. The summed E-state index contributed by atoms with van der Waals surface area (Å²) in [4.78, 5) is 0. The lowest BCUT2D eigenvalue weighted by Crippen LogP contribution is -2.44. The van der Waals surface area contributed by atoms with Crippen molar-refractivity contribution in [3.63, 3.8) is 0 Å². The van der Waals surface area contributed by atoms with E-state index in [1.54, 1.807) is 27.7 Å². The van der Waals surface area contributed by atoms with Crippen LogP contribution in [0.4, 0.5) is 0 Å². The van der Waals surface area contributed by atoms with Crippen LogP contribution in [-0.4, -0.2) is 36.9 Å². The van der Waals surface area contributed by atoms with Gasteiger partial charge in [-0.05, 0) is 27.7 Å². The van der Waals surface area contributed by atoms with Crippen LogP contribution in [0.15, 0.2) is 0 Å². The van der Waals surface area contributed by atoms with Gasteiger partial charge in [0.1, 0.15) is 0 Å². The van der Waals surface area contributed by atoms with Crippen molar-refractivity contribution in [1.29, 1.82) is 0 Å². The highest BCUT2D eigenvalue weighted by molar-refractivity contribution is 6.75. The molecule has 2 N–H and O–H groups in total. The van der Waals surface area contributed by atoms with E-state index in [2.05, 4.69) is 0 Å². The lowest BCUT2D eigenvalue weighted by molar-refractivity contribution is -0.107. The molecule has 0 saturated heterocycles. The molecule has 0 heterocycles. The third-order valence-corrected chi connectivity index (χ3v) is 1.50. The van der Waals surface area contributed by atoms with Crippen molar-refractivity contribution in [3.8, 4) is 0 Å². The summed E-state index contributed by atoms with van der Waals surface area (Å²) in [6, 6.07) is 0. The molecule has 10 heavy (non-hydrogen) atoms. The van der Waals surface area contributed by atoms with E-state index in [4.69, 9.17) is 10.2 Å². The second-order valence-electron chi connectivity index (χ2n) is 3.12. The van der Waals surface area contributed by atoms with E-state index in [-0.39, 0.29) is 0 Å². The number of hydrogen-bond acceptors (Lipinski definition) is 2. The maximum absolute atomic E-state index is 9.10. The SMILES string of the molecule is BB.CC(C)(O)C(C)(C)O. The Labute approximate surface area is 65.4 Å². The molecule has 2 nitrogen and oxygen atoms in total. The Hall–Kier alpha value is 0.0499. The molecule has 0 saturated carbocycles. The van der Waals surface area contributed by atoms with Crippen LogP contribution in [0.5, 0.6) is 0 Å². The van der Waals surface area contributed by atoms with Crippen molar-refractivity contribution >= 4 is 15.5 Å². The second-order valence-corrected chi connectivity index (χ2v) is 3.12. The molecule has 0 atom stereocenters. The van der Waals surface area contributed by atoms with E-state index in [9.17, 15) is 0 Å². The fourth-order valence-electron chi connectivity index (χ4n) is 0. The van der Waals surface area contributed by atoms with Gasteiger partial charge in [-0.1, -0.05) is 0 Å². The van der Waals surface area contributed by atoms with Gasteiger partial charge in [-0.2, -0.15) is 0 Å². The first-order valence-electron chi connectivity index (χ1n) is 3.70. The van der Waals surface area contributed by atoms with Gasteiger partial charge in [0.2, 0.25) is 0 Å². The van der Waals surface area contributed by atoms with Crippen LogP contribution in [0.3, 0.4) is 0 Å². The Morgan fingerprint density at radius 3 is 0.900 bits per heavy atom. The molecule has 0 radical (unpaired) electrons. The summed E-state index contributed by atoms with van der Waals surface area (Å²) in [5.41, 5.74) is -2.01. The molecule has 0 aromatic carbocycles. The maximum Gasteiger partial charge on any atom is 0.0872 e. The van der Waals surface area contributed by atoms with Gasteiger partial charge >= 0.3 is 0 Å². The monoisotopic (exact) mass is 144 g/mol. The average Bonchev–Trinajstić information content (AvgIpc) is 1.66. The molecule has 0 aromatic heterocycles. The summed E-state index contributed by atoms with van der Waals surface area (Å²) in [5.74, 6) is 0. The van der Waals surface area contributed by atoms with Crippen LogP contribution in [0.25, 0.3) is 0 Å². The van der Waals surface area contributed by atoms with Crippen molar-refractivity contribution < 1.29 is 10.2 Å². The standard InChI is InChI=1S/C6H14O2.B2H4/c1-5(2,7)6(3,4)8;1-2/h7-8H,1-4H3;1-2H2. The Balaban J connectivity index is 0. The van der Waals surface area contributed by atoms with E-state index < -0.39 is 11.2 Å². The van der Waals surface area contributed by atoms with Gasteiger partial charge < -0.3 is 10.2 Å². The van der Waals surface area contributed by atoms with E-state index in [1.807, 2.05) is 15.5 Å². The maximum atomic E-state index is 9.10. The third-order valence-electron chi connectivity index (χ3n) is 1.50. The molecule has 0 unspecified atom stereocenters. The van der Waals surface area contributed by atoms with Gasteiger partial charge in [-0.15, -0.1) is 0 Å². The molecule has 0 spiro atoms. The molecular formula is C6H18B2O2. The summed E-state index contributed by atoms with van der Waals surface area (Å²) in [6.07, 6.45) is 0. The van der Waals surface area contributed by atoms with Crippen molar-refractivity contribution in [2.75, 3.05) is 0 Å². The normalized spacial score (nSPS) is 11.8. The average molecular weight is 144 g/mol. The molecule has 4 heteroatoms. The van der Waals surface area contributed by atoms with Crippen molar-refractivity contribution in [2.45, 2.75) is 38.9 Å². The first kappa shape index (κ1) is 12.7. The predicted octanol–water partition coefficient (Wildman–Crippen LogP) is -1.30. The second kappa shape index (κ2) is 4.04. The minimum Gasteiger partial charge on any atom is -0.387 e. The third kappa shape index (κ3) is 4.89. The van der Waals surface area contributed by atoms with E-state index >= 15 is 0 Å². The van der Waals surface area contributed by atoms with Crippen LogP contribution >= 0.6 is 0 Å². The van der Waals surface area contributed by atoms with E-state index in [0.29, 0.717) is 0 Å². The minimum atomic E-state index is -1.01. The largest absolute Gasteiger partial charge is 0.387 e. The fraction of sp³-hybridized carbons (Fsp3) is 1.00. The van der Waals surface area contributed by atoms with Crippen LogP contribution in [-0.2, 0) is 0 Å². The summed E-state index contributed by atoms with van der Waals surface area (Å²) in [7, 11) is 4.00. The number of rotatable bonds is 1.